The van der Waals surface area contributed by atoms with Gasteiger partial charge in [-0.1, -0.05) is 51.1 Å². The van der Waals surface area contributed by atoms with Crippen LogP contribution in [0, 0.1) is 11.8 Å². The van der Waals surface area contributed by atoms with Crippen LogP contribution in [0.2, 0.25) is 0 Å². The second-order valence-electron chi connectivity index (χ2n) is 4.98. The fraction of sp³-hybridized carbons (Fsp3) is 0.500. The Morgan fingerprint density at radius 3 is 2.44 bits per heavy atom. The van der Waals surface area contributed by atoms with Crippen molar-refractivity contribution in [3.05, 3.63) is 35.9 Å². The predicted molar refractivity (Wildman–Crippen MR) is 64.8 cm³/mol. The average molecular weight is 217 g/mol. The molecule has 1 aliphatic heterocycles. The number of hydrogen-bond acceptors (Lipinski definition) is 1. The fourth-order valence-electron chi connectivity index (χ4n) is 2.64. The van der Waals surface area contributed by atoms with E-state index in [1.54, 1.807) is 0 Å². The summed E-state index contributed by atoms with van der Waals surface area (Å²) in [4.78, 5) is 13.8. The highest BCUT2D eigenvalue weighted by Crippen LogP contribution is 2.33. The molecule has 1 heterocycles. The van der Waals surface area contributed by atoms with Crippen molar-refractivity contribution in [1.82, 2.24) is 4.90 Å². The van der Waals surface area contributed by atoms with E-state index in [4.69, 9.17) is 0 Å². The van der Waals surface area contributed by atoms with E-state index in [2.05, 4.69) is 26.0 Å². The van der Waals surface area contributed by atoms with Crippen molar-refractivity contribution >= 4 is 5.91 Å². The van der Waals surface area contributed by atoms with Crippen LogP contribution in [-0.2, 0) is 11.3 Å². The van der Waals surface area contributed by atoms with Crippen molar-refractivity contribution in [2.24, 2.45) is 11.8 Å². The second-order valence-corrected chi connectivity index (χ2v) is 4.98. The van der Waals surface area contributed by atoms with Gasteiger partial charge in [-0.2, -0.15) is 0 Å². The molecule has 2 heteroatoms. The molecule has 1 aromatic carbocycles. The van der Waals surface area contributed by atoms with Gasteiger partial charge in [-0.05, 0) is 11.5 Å². The summed E-state index contributed by atoms with van der Waals surface area (Å²) in [6.45, 7) is 7.17. The number of likely N-dealkylation sites (tertiary alicyclic amines) is 1. The van der Waals surface area contributed by atoms with Crippen LogP contribution >= 0.6 is 0 Å². The maximum atomic E-state index is 11.8. The Hall–Kier alpha value is -1.31. The number of carbonyl (C=O) groups excluding carboxylic acids is 1. The first kappa shape index (κ1) is 11.2. The zero-order valence-corrected chi connectivity index (χ0v) is 10.2. The second kappa shape index (κ2) is 4.28. The lowest BCUT2D eigenvalue weighted by Gasteiger charge is -2.48. The molecule has 2 nitrogen and oxygen atoms in total. The minimum absolute atomic E-state index is 0.198. The zero-order valence-electron chi connectivity index (χ0n) is 10.2. The van der Waals surface area contributed by atoms with Gasteiger partial charge in [-0.15, -0.1) is 0 Å². The minimum Gasteiger partial charge on any atom is -0.334 e. The molecule has 16 heavy (non-hydrogen) atoms. The van der Waals surface area contributed by atoms with Crippen LogP contribution < -0.4 is 0 Å². The van der Waals surface area contributed by atoms with E-state index in [1.807, 2.05) is 30.0 Å². The Labute approximate surface area is 97.3 Å². The summed E-state index contributed by atoms with van der Waals surface area (Å²) in [7, 11) is 0. The molecule has 0 radical (unpaired) electrons. The van der Waals surface area contributed by atoms with Gasteiger partial charge >= 0.3 is 0 Å². The molecular formula is C14H19NO. The van der Waals surface area contributed by atoms with Gasteiger partial charge in [0.1, 0.15) is 0 Å². The van der Waals surface area contributed by atoms with Crippen molar-refractivity contribution in [2.45, 2.75) is 33.4 Å². The largest absolute Gasteiger partial charge is 0.334 e. The molecule has 1 fully saturated rings. The van der Waals surface area contributed by atoms with Crippen molar-refractivity contribution < 1.29 is 4.79 Å². The third kappa shape index (κ3) is 1.84. The maximum absolute atomic E-state index is 11.8. The van der Waals surface area contributed by atoms with Gasteiger partial charge in [-0.25, -0.2) is 0 Å². The van der Waals surface area contributed by atoms with Gasteiger partial charge < -0.3 is 4.90 Å². The molecule has 1 saturated heterocycles. The number of rotatable bonds is 3. The predicted octanol–water partition coefficient (Wildman–Crippen LogP) is 2.69. The summed E-state index contributed by atoms with van der Waals surface area (Å²) in [6, 6.07) is 10.6. The summed E-state index contributed by atoms with van der Waals surface area (Å²) in [5.74, 6) is 1.03. The first-order chi connectivity index (χ1) is 7.61. The minimum atomic E-state index is 0.198. The van der Waals surface area contributed by atoms with Gasteiger partial charge in [0, 0.05) is 12.6 Å². The molecule has 1 aliphatic rings. The molecule has 0 bridgehead atoms. The third-order valence-corrected chi connectivity index (χ3v) is 3.42. The Morgan fingerprint density at radius 2 is 1.88 bits per heavy atom. The number of carbonyl (C=O) groups is 1. The van der Waals surface area contributed by atoms with Crippen LogP contribution in [0.5, 0.6) is 0 Å². The number of nitrogens with zero attached hydrogens (tertiary/aromatic N) is 1. The van der Waals surface area contributed by atoms with E-state index in [0.717, 1.165) is 6.54 Å². The van der Waals surface area contributed by atoms with Crippen molar-refractivity contribution in [3.63, 3.8) is 0 Å². The molecule has 0 aromatic heterocycles. The fourth-order valence-corrected chi connectivity index (χ4v) is 2.64. The molecule has 0 spiro atoms. The summed E-state index contributed by atoms with van der Waals surface area (Å²) < 4.78 is 0. The highest BCUT2D eigenvalue weighted by molar-refractivity contribution is 5.85. The van der Waals surface area contributed by atoms with Gasteiger partial charge in [0.2, 0.25) is 5.91 Å². The van der Waals surface area contributed by atoms with E-state index in [9.17, 15) is 4.79 Å². The number of β-lactam (4-membered cyclic amide) rings is 1. The van der Waals surface area contributed by atoms with Crippen LogP contribution in [0.4, 0.5) is 0 Å². The summed E-state index contributed by atoms with van der Waals surface area (Å²) in [5.41, 5.74) is 1.22. The number of amides is 1. The molecule has 1 aromatic rings. The van der Waals surface area contributed by atoms with Crippen LogP contribution in [0.25, 0.3) is 0 Å². The first-order valence-electron chi connectivity index (χ1n) is 5.95. The van der Waals surface area contributed by atoms with E-state index in [-0.39, 0.29) is 5.92 Å². The summed E-state index contributed by atoms with van der Waals surface area (Å²) in [5, 5.41) is 0. The van der Waals surface area contributed by atoms with Gasteiger partial charge in [-0.3, -0.25) is 4.79 Å². The maximum Gasteiger partial charge on any atom is 0.228 e. The van der Waals surface area contributed by atoms with Crippen LogP contribution in [0.15, 0.2) is 30.3 Å². The highest BCUT2D eigenvalue weighted by atomic mass is 16.2. The smallest absolute Gasteiger partial charge is 0.228 e. The van der Waals surface area contributed by atoms with Crippen LogP contribution in [0.3, 0.4) is 0 Å². The van der Waals surface area contributed by atoms with Crippen molar-refractivity contribution in [2.75, 3.05) is 0 Å². The topological polar surface area (TPSA) is 20.3 Å². The molecule has 0 unspecified atom stereocenters. The van der Waals surface area contributed by atoms with Gasteiger partial charge in [0.05, 0.1) is 5.92 Å². The first-order valence-corrected chi connectivity index (χ1v) is 5.95. The molecule has 2 atom stereocenters. The van der Waals surface area contributed by atoms with Gasteiger partial charge in [0.25, 0.3) is 0 Å². The molecule has 0 saturated carbocycles. The Morgan fingerprint density at radius 1 is 1.25 bits per heavy atom. The van der Waals surface area contributed by atoms with Crippen LogP contribution in [0.1, 0.15) is 26.3 Å². The molecular weight excluding hydrogens is 198 g/mol. The van der Waals surface area contributed by atoms with E-state index in [0.29, 0.717) is 17.9 Å². The van der Waals surface area contributed by atoms with E-state index < -0.39 is 0 Å². The van der Waals surface area contributed by atoms with E-state index in [1.165, 1.54) is 5.56 Å². The lowest BCUT2D eigenvalue weighted by atomic mass is 9.81. The van der Waals surface area contributed by atoms with Crippen molar-refractivity contribution in [3.8, 4) is 0 Å². The van der Waals surface area contributed by atoms with Crippen molar-refractivity contribution in [1.29, 1.82) is 0 Å². The quantitative estimate of drug-likeness (QED) is 0.713. The van der Waals surface area contributed by atoms with Crippen LogP contribution in [-0.4, -0.2) is 16.8 Å². The lowest BCUT2D eigenvalue weighted by Crippen LogP contribution is -2.61. The monoisotopic (exact) mass is 217 g/mol. The Kier molecular flexibility index (Phi) is 2.99. The molecule has 86 valence electrons. The SMILES string of the molecule is CC(C)[C@@H]1[C@H](C)C(=O)N1Cc1ccccc1. The number of hydrogen-bond donors (Lipinski definition) is 0. The molecule has 0 aliphatic carbocycles. The number of benzene rings is 1. The third-order valence-electron chi connectivity index (χ3n) is 3.42. The zero-order chi connectivity index (χ0) is 11.7. The summed E-state index contributed by atoms with van der Waals surface area (Å²) >= 11 is 0. The Bertz CT molecular complexity index is 372. The molecule has 2 rings (SSSR count). The van der Waals surface area contributed by atoms with Gasteiger partial charge in [0.15, 0.2) is 0 Å². The highest BCUT2D eigenvalue weighted by Gasteiger charge is 2.45. The van der Waals surface area contributed by atoms with E-state index >= 15 is 0 Å². The molecule has 0 N–H and O–H groups in total. The Balaban J connectivity index is 2.08. The molecule has 1 amide bonds. The standard InChI is InChI=1S/C14H19NO/c1-10(2)13-11(3)14(16)15(13)9-12-7-5-4-6-8-12/h4-8,10-11,13H,9H2,1-3H3/t11-,13+/m0/s1. The lowest BCUT2D eigenvalue weighted by molar-refractivity contribution is -0.159. The normalized spacial score (nSPS) is 24.8. The summed E-state index contributed by atoms with van der Waals surface area (Å²) in [6.07, 6.45) is 0. The average Bonchev–Trinajstić information content (AvgIpc) is 2.28.